The highest BCUT2D eigenvalue weighted by molar-refractivity contribution is 9.11. The van der Waals surface area contributed by atoms with Crippen molar-refractivity contribution in [2.75, 3.05) is 6.26 Å². The average molecular weight is 352 g/mol. The van der Waals surface area contributed by atoms with Crippen LogP contribution in [0.2, 0.25) is 0 Å². The first-order valence-corrected chi connectivity index (χ1v) is 8.02. The third-order valence-corrected chi connectivity index (χ3v) is 5.17. The summed E-state index contributed by atoms with van der Waals surface area (Å²) in [6.07, 6.45) is 2.12. The molecule has 1 aromatic carbocycles. The Balaban J connectivity index is 2.77. The molecule has 0 bridgehead atoms. The first kappa shape index (κ1) is 11.0. The van der Waals surface area contributed by atoms with E-state index in [1.54, 1.807) is 23.1 Å². The standard InChI is InChI=1S/C10H8Br2S2/c1-13-8-3-2-6(5-11)10-7(8)4-9(12)14-10/h2-4H,5H2,1H3. The number of benzene rings is 1. The fraction of sp³-hybridized carbons (Fsp3) is 0.200. The Morgan fingerprint density at radius 2 is 2.21 bits per heavy atom. The van der Waals surface area contributed by atoms with Gasteiger partial charge in [0.15, 0.2) is 0 Å². The van der Waals surface area contributed by atoms with Crippen LogP contribution in [0.1, 0.15) is 5.56 Å². The SMILES string of the molecule is CSc1ccc(CBr)c2sc(Br)cc12. The third-order valence-electron chi connectivity index (χ3n) is 2.06. The second kappa shape index (κ2) is 4.56. The zero-order valence-electron chi connectivity index (χ0n) is 7.51. The number of rotatable bonds is 2. The number of halogens is 2. The lowest BCUT2D eigenvalue weighted by atomic mass is 10.2. The van der Waals surface area contributed by atoms with Gasteiger partial charge in [0, 0.05) is 20.3 Å². The third kappa shape index (κ3) is 1.90. The van der Waals surface area contributed by atoms with Gasteiger partial charge < -0.3 is 0 Å². The van der Waals surface area contributed by atoms with Crippen molar-refractivity contribution < 1.29 is 0 Å². The molecule has 14 heavy (non-hydrogen) atoms. The summed E-state index contributed by atoms with van der Waals surface area (Å²) in [5.74, 6) is 0. The molecule has 0 aliphatic carbocycles. The second-order valence-electron chi connectivity index (χ2n) is 2.85. The van der Waals surface area contributed by atoms with Crippen molar-refractivity contribution in [2.24, 2.45) is 0 Å². The maximum atomic E-state index is 3.55. The van der Waals surface area contributed by atoms with Crippen molar-refractivity contribution in [3.05, 3.63) is 27.5 Å². The van der Waals surface area contributed by atoms with Crippen LogP contribution in [-0.2, 0) is 5.33 Å². The minimum absolute atomic E-state index is 0.922. The quantitative estimate of drug-likeness (QED) is 0.523. The van der Waals surface area contributed by atoms with Crippen molar-refractivity contribution in [2.45, 2.75) is 10.2 Å². The highest BCUT2D eigenvalue weighted by Crippen LogP contribution is 2.38. The Hall–Kier alpha value is 0.490. The van der Waals surface area contributed by atoms with Crippen LogP contribution in [0.15, 0.2) is 26.9 Å². The molecular formula is C10H8Br2S2. The molecule has 0 nitrogen and oxygen atoms in total. The summed E-state index contributed by atoms with van der Waals surface area (Å²) in [7, 11) is 0. The molecule has 74 valence electrons. The molecule has 0 aliphatic rings. The smallest absolute Gasteiger partial charge is 0.0711 e. The number of fused-ring (bicyclic) bond motifs is 1. The highest BCUT2D eigenvalue weighted by Gasteiger charge is 2.08. The van der Waals surface area contributed by atoms with E-state index in [0.29, 0.717) is 0 Å². The van der Waals surface area contributed by atoms with Gasteiger partial charge in [-0.2, -0.15) is 0 Å². The highest BCUT2D eigenvalue weighted by atomic mass is 79.9. The lowest BCUT2D eigenvalue weighted by molar-refractivity contribution is 1.46. The topological polar surface area (TPSA) is 0 Å². The van der Waals surface area contributed by atoms with E-state index in [-0.39, 0.29) is 0 Å². The maximum absolute atomic E-state index is 3.55. The molecule has 2 rings (SSSR count). The fourth-order valence-electron chi connectivity index (χ4n) is 1.41. The average Bonchev–Trinajstić information content (AvgIpc) is 2.57. The van der Waals surface area contributed by atoms with Gasteiger partial charge in [-0.25, -0.2) is 0 Å². The number of alkyl halides is 1. The van der Waals surface area contributed by atoms with Gasteiger partial charge in [-0.1, -0.05) is 22.0 Å². The molecule has 0 saturated carbocycles. The fourth-order valence-corrected chi connectivity index (χ4v) is 4.35. The summed E-state index contributed by atoms with van der Waals surface area (Å²) in [4.78, 5) is 1.35. The van der Waals surface area contributed by atoms with E-state index in [4.69, 9.17) is 0 Å². The molecule has 0 unspecified atom stereocenters. The van der Waals surface area contributed by atoms with Crippen LogP contribution >= 0.6 is 55.0 Å². The minimum atomic E-state index is 0.922. The molecule has 0 aliphatic heterocycles. The molecular weight excluding hydrogens is 344 g/mol. The largest absolute Gasteiger partial charge is 0.129 e. The van der Waals surface area contributed by atoms with Gasteiger partial charge in [0.2, 0.25) is 0 Å². The normalized spacial score (nSPS) is 11.1. The van der Waals surface area contributed by atoms with Crippen molar-refractivity contribution in [3.63, 3.8) is 0 Å². The molecule has 0 amide bonds. The van der Waals surface area contributed by atoms with Gasteiger partial charge in [0.1, 0.15) is 0 Å². The summed E-state index contributed by atoms with van der Waals surface area (Å²) in [5.41, 5.74) is 1.37. The monoisotopic (exact) mass is 350 g/mol. The summed E-state index contributed by atoms with van der Waals surface area (Å²) in [5, 5.41) is 2.29. The van der Waals surface area contributed by atoms with Crippen LogP contribution < -0.4 is 0 Å². The van der Waals surface area contributed by atoms with Crippen LogP contribution in [-0.4, -0.2) is 6.26 Å². The van der Waals surface area contributed by atoms with Crippen LogP contribution in [0.4, 0.5) is 0 Å². The molecule has 0 saturated heterocycles. The first-order chi connectivity index (χ1) is 6.76. The van der Waals surface area contributed by atoms with E-state index < -0.39 is 0 Å². The van der Waals surface area contributed by atoms with Gasteiger partial charge in [-0.15, -0.1) is 23.1 Å². The van der Waals surface area contributed by atoms with Crippen LogP contribution in [0.5, 0.6) is 0 Å². The van der Waals surface area contributed by atoms with Gasteiger partial charge in [-0.05, 0) is 39.9 Å². The predicted octanol–water partition coefficient (Wildman–Crippen LogP) is 5.28. The maximum Gasteiger partial charge on any atom is 0.0711 e. The Labute approximate surface area is 108 Å². The van der Waals surface area contributed by atoms with Crippen LogP contribution in [0, 0.1) is 0 Å². The summed E-state index contributed by atoms with van der Waals surface area (Å²) < 4.78 is 2.59. The van der Waals surface area contributed by atoms with Crippen molar-refractivity contribution in [1.82, 2.24) is 0 Å². The lowest BCUT2D eigenvalue weighted by Crippen LogP contribution is -1.79. The Morgan fingerprint density at radius 3 is 2.86 bits per heavy atom. The molecule has 2 aromatic rings. The van der Waals surface area contributed by atoms with Crippen LogP contribution in [0.3, 0.4) is 0 Å². The molecule has 0 N–H and O–H groups in total. The zero-order valence-corrected chi connectivity index (χ0v) is 12.3. The Kier molecular flexibility index (Phi) is 3.58. The van der Waals surface area contributed by atoms with Crippen molar-refractivity contribution in [3.8, 4) is 0 Å². The summed E-state index contributed by atoms with van der Waals surface area (Å²) in [6, 6.07) is 6.60. The molecule has 1 heterocycles. The first-order valence-electron chi connectivity index (χ1n) is 4.07. The molecule has 1 aromatic heterocycles. The summed E-state index contributed by atoms with van der Waals surface area (Å²) in [6.45, 7) is 0. The molecule has 0 atom stereocenters. The van der Waals surface area contributed by atoms with Gasteiger partial charge in [0.05, 0.1) is 3.79 Å². The van der Waals surface area contributed by atoms with Crippen molar-refractivity contribution >= 4 is 65.0 Å². The molecule has 0 radical (unpaired) electrons. The molecule has 0 spiro atoms. The Bertz CT molecular complexity index is 421. The van der Waals surface area contributed by atoms with E-state index in [1.165, 1.54) is 24.3 Å². The molecule has 4 heteroatoms. The second-order valence-corrected chi connectivity index (χ2v) is 6.69. The molecule has 0 fully saturated rings. The summed E-state index contributed by atoms with van der Waals surface area (Å²) >= 11 is 10.7. The number of hydrogen-bond acceptors (Lipinski definition) is 2. The zero-order chi connectivity index (χ0) is 10.1. The van der Waals surface area contributed by atoms with E-state index in [0.717, 1.165) is 5.33 Å². The Morgan fingerprint density at radius 1 is 1.43 bits per heavy atom. The lowest BCUT2D eigenvalue weighted by Gasteiger charge is -2.02. The van der Waals surface area contributed by atoms with E-state index in [9.17, 15) is 0 Å². The van der Waals surface area contributed by atoms with Crippen molar-refractivity contribution in [1.29, 1.82) is 0 Å². The van der Waals surface area contributed by atoms with Crippen LogP contribution in [0.25, 0.3) is 10.1 Å². The van der Waals surface area contributed by atoms with Gasteiger partial charge >= 0.3 is 0 Å². The van der Waals surface area contributed by atoms with E-state index >= 15 is 0 Å². The number of hydrogen-bond donors (Lipinski definition) is 0. The van der Waals surface area contributed by atoms with E-state index in [2.05, 4.69) is 56.3 Å². The van der Waals surface area contributed by atoms with Gasteiger partial charge in [-0.3, -0.25) is 0 Å². The number of thiophene rings is 1. The predicted molar refractivity (Wildman–Crippen MR) is 73.9 cm³/mol. The minimum Gasteiger partial charge on any atom is -0.129 e. The van der Waals surface area contributed by atoms with Gasteiger partial charge in [0.25, 0.3) is 0 Å². The number of thioether (sulfide) groups is 1. The van der Waals surface area contributed by atoms with E-state index in [1.807, 2.05) is 0 Å².